The zero-order valence-electron chi connectivity index (χ0n) is 10.1. The lowest BCUT2D eigenvalue weighted by atomic mass is 9.81. The second-order valence-corrected chi connectivity index (χ2v) is 4.86. The van der Waals surface area contributed by atoms with Crippen molar-refractivity contribution in [2.24, 2.45) is 11.8 Å². The van der Waals surface area contributed by atoms with Gasteiger partial charge in [-0.1, -0.05) is 19.8 Å². The first-order valence-corrected chi connectivity index (χ1v) is 6.27. The zero-order valence-corrected chi connectivity index (χ0v) is 10.1. The van der Waals surface area contributed by atoms with Gasteiger partial charge in [-0.05, 0) is 25.7 Å². The summed E-state index contributed by atoms with van der Waals surface area (Å²) in [5.41, 5.74) is 0. The van der Waals surface area contributed by atoms with Crippen molar-refractivity contribution in [1.82, 2.24) is 9.55 Å². The van der Waals surface area contributed by atoms with Crippen LogP contribution in [0.25, 0.3) is 0 Å². The molecule has 0 atom stereocenters. The lowest BCUT2D eigenvalue weighted by molar-refractivity contribution is 0.0860. The second-order valence-electron chi connectivity index (χ2n) is 4.86. The number of hydrogen-bond acceptors (Lipinski definition) is 2. The number of carbonyl (C=O) groups excluding carboxylic acids is 1. The maximum absolute atomic E-state index is 12.3. The fourth-order valence-electron chi connectivity index (χ4n) is 2.49. The van der Waals surface area contributed by atoms with E-state index in [1.165, 1.54) is 12.8 Å². The van der Waals surface area contributed by atoms with Crippen LogP contribution in [-0.2, 0) is 6.54 Å². The van der Waals surface area contributed by atoms with Crippen molar-refractivity contribution in [3.63, 3.8) is 0 Å². The van der Waals surface area contributed by atoms with Gasteiger partial charge in [0.05, 0.1) is 0 Å². The number of aryl methyl sites for hydroxylation is 1. The Morgan fingerprint density at radius 2 is 2.12 bits per heavy atom. The molecule has 0 spiro atoms. The highest BCUT2D eigenvalue weighted by atomic mass is 16.1. The maximum Gasteiger partial charge on any atom is 0.201 e. The van der Waals surface area contributed by atoms with Crippen molar-refractivity contribution in [3.8, 4) is 0 Å². The Morgan fingerprint density at radius 1 is 1.44 bits per heavy atom. The maximum atomic E-state index is 12.3. The molecule has 1 aliphatic rings. The molecule has 1 saturated carbocycles. The molecule has 3 nitrogen and oxygen atoms in total. The molecular formula is C13H20N2O. The van der Waals surface area contributed by atoms with Crippen LogP contribution in [0.4, 0.5) is 0 Å². The minimum absolute atomic E-state index is 0.212. The van der Waals surface area contributed by atoms with Crippen molar-refractivity contribution in [2.75, 3.05) is 0 Å². The predicted octanol–water partition coefficient (Wildman–Crippen LogP) is 2.91. The number of carbonyl (C=O) groups is 1. The van der Waals surface area contributed by atoms with E-state index in [0.717, 1.165) is 25.3 Å². The SMILES string of the molecule is CCn1ccnc1C(=O)C1CCC(C)CC1. The fraction of sp³-hybridized carbons (Fsp3) is 0.692. The molecule has 16 heavy (non-hydrogen) atoms. The smallest absolute Gasteiger partial charge is 0.201 e. The van der Waals surface area contributed by atoms with E-state index in [2.05, 4.69) is 11.9 Å². The molecule has 0 aromatic carbocycles. The number of Topliss-reactive ketones (excluding diaryl/α,β-unsaturated/α-hetero) is 1. The summed E-state index contributed by atoms with van der Waals surface area (Å²) in [6.45, 7) is 5.14. The highest BCUT2D eigenvalue weighted by Gasteiger charge is 2.27. The topological polar surface area (TPSA) is 34.9 Å². The summed E-state index contributed by atoms with van der Waals surface area (Å²) >= 11 is 0. The average Bonchev–Trinajstić information content (AvgIpc) is 2.77. The molecule has 0 bridgehead atoms. The third-order valence-electron chi connectivity index (χ3n) is 3.66. The summed E-state index contributed by atoms with van der Waals surface area (Å²) in [5.74, 6) is 1.90. The molecule has 0 saturated heterocycles. The van der Waals surface area contributed by atoms with Crippen LogP contribution in [0.5, 0.6) is 0 Å². The Balaban J connectivity index is 2.07. The van der Waals surface area contributed by atoms with Crippen molar-refractivity contribution in [3.05, 3.63) is 18.2 Å². The number of rotatable bonds is 3. The van der Waals surface area contributed by atoms with E-state index < -0.39 is 0 Å². The van der Waals surface area contributed by atoms with Crippen molar-refractivity contribution < 1.29 is 4.79 Å². The van der Waals surface area contributed by atoms with Crippen LogP contribution in [0.15, 0.2) is 12.4 Å². The van der Waals surface area contributed by atoms with Gasteiger partial charge < -0.3 is 4.57 Å². The number of ketones is 1. The van der Waals surface area contributed by atoms with Crippen LogP contribution in [0, 0.1) is 11.8 Å². The first kappa shape index (κ1) is 11.4. The van der Waals surface area contributed by atoms with Crippen molar-refractivity contribution >= 4 is 5.78 Å². The first-order valence-electron chi connectivity index (χ1n) is 6.27. The standard InChI is InChI=1S/C13H20N2O/c1-3-15-9-8-14-13(15)12(16)11-6-4-10(2)5-7-11/h8-11H,3-7H2,1-2H3. The normalized spacial score (nSPS) is 25.6. The van der Waals surface area contributed by atoms with Crippen LogP contribution in [0.3, 0.4) is 0 Å². The van der Waals surface area contributed by atoms with Gasteiger partial charge >= 0.3 is 0 Å². The van der Waals surface area contributed by atoms with Gasteiger partial charge in [-0.3, -0.25) is 4.79 Å². The van der Waals surface area contributed by atoms with Crippen LogP contribution >= 0.6 is 0 Å². The number of nitrogens with zero attached hydrogens (tertiary/aromatic N) is 2. The van der Waals surface area contributed by atoms with Gasteiger partial charge in [-0.2, -0.15) is 0 Å². The lowest BCUT2D eigenvalue weighted by Gasteiger charge is -2.24. The molecule has 1 aromatic rings. The molecule has 88 valence electrons. The third-order valence-corrected chi connectivity index (χ3v) is 3.66. The molecule has 1 aromatic heterocycles. The monoisotopic (exact) mass is 220 g/mol. The van der Waals surface area contributed by atoms with Gasteiger partial charge in [-0.15, -0.1) is 0 Å². The molecule has 0 aliphatic heterocycles. The van der Waals surface area contributed by atoms with E-state index in [1.807, 2.05) is 17.7 Å². The van der Waals surface area contributed by atoms with Gasteiger partial charge in [0.1, 0.15) is 0 Å². The molecule has 0 unspecified atom stereocenters. The number of hydrogen-bond donors (Lipinski definition) is 0. The summed E-state index contributed by atoms with van der Waals surface area (Å²) < 4.78 is 1.94. The molecule has 1 heterocycles. The molecule has 0 N–H and O–H groups in total. The Bertz CT molecular complexity index is 362. The Labute approximate surface area is 96.9 Å². The second kappa shape index (κ2) is 4.81. The minimum atomic E-state index is 0.212. The van der Waals surface area contributed by atoms with Gasteiger partial charge in [0.25, 0.3) is 0 Å². The number of imidazole rings is 1. The largest absolute Gasteiger partial charge is 0.329 e. The highest BCUT2D eigenvalue weighted by Crippen LogP contribution is 2.30. The van der Waals surface area contributed by atoms with Gasteiger partial charge in [0, 0.05) is 24.9 Å². The quantitative estimate of drug-likeness (QED) is 0.734. The minimum Gasteiger partial charge on any atom is -0.329 e. The van der Waals surface area contributed by atoms with Crippen LogP contribution in [0.2, 0.25) is 0 Å². The summed E-state index contributed by atoms with van der Waals surface area (Å²) in [7, 11) is 0. The molecule has 0 amide bonds. The van der Waals surface area contributed by atoms with Gasteiger partial charge in [0.15, 0.2) is 5.82 Å². The molecule has 2 rings (SSSR count). The summed E-state index contributed by atoms with van der Waals surface area (Å²) in [6.07, 6.45) is 8.06. The molecule has 1 fully saturated rings. The van der Waals surface area contributed by atoms with Crippen molar-refractivity contribution in [2.45, 2.75) is 46.1 Å². The fourth-order valence-corrected chi connectivity index (χ4v) is 2.49. The van der Waals surface area contributed by atoms with E-state index in [-0.39, 0.29) is 11.7 Å². The van der Waals surface area contributed by atoms with E-state index in [4.69, 9.17) is 0 Å². The molecule has 3 heteroatoms. The summed E-state index contributed by atoms with van der Waals surface area (Å²) in [6, 6.07) is 0. The molecule has 1 aliphatic carbocycles. The Hall–Kier alpha value is -1.12. The van der Waals surface area contributed by atoms with Crippen molar-refractivity contribution in [1.29, 1.82) is 0 Å². The van der Waals surface area contributed by atoms with Crippen LogP contribution < -0.4 is 0 Å². The predicted molar refractivity (Wildman–Crippen MR) is 63.4 cm³/mol. The van der Waals surface area contributed by atoms with E-state index >= 15 is 0 Å². The lowest BCUT2D eigenvalue weighted by Crippen LogP contribution is -2.23. The summed E-state index contributed by atoms with van der Waals surface area (Å²) in [5, 5.41) is 0. The third kappa shape index (κ3) is 2.18. The number of aromatic nitrogens is 2. The van der Waals surface area contributed by atoms with Crippen LogP contribution in [-0.4, -0.2) is 15.3 Å². The zero-order chi connectivity index (χ0) is 11.5. The summed E-state index contributed by atoms with van der Waals surface area (Å²) in [4.78, 5) is 16.5. The Kier molecular flexibility index (Phi) is 3.42. The first-order chi connectivity index (χ1) is 7.72. The van der Waals surface area contributed by atoms with Crippen LogP contribution in [0.1, 0.15) is 50.1 Å². The van der Waals surface area contributed by atoms with E-state index in [9.17, 15) is 4.79 Å². The highest BCUT2D eigenvalue weighted by molar-refractivity contribution is 5.94. The molecular weight excluding hydrogens is 200 g/mol. The molecule has 0 radical (unpaired) electrons. The van der Waals surface area contributed by atoms with E-state index in [0.29, 0.717) is 5.82 Å². The van der Waals surface area contributed by atoms with Gasteiger partial charge in [0.2, 0.25) is 5.78 Å². The Morgan fingerprint density at radius 3 is 2.75 bits per heavy atom. The van der Waals surface area contributed by atoms with Gasteiger partial charge in [-0.25, -0.2) is 4.98 Å². The average molecular weight is 220 g/mol. The van der Waals surface area contributed by atoms with E-state index in [1.54, 1.807) is 6.20 Å².